The van der Waals surface area contributed by atoms with Gasteiger partial charge in [0, 0.05) is 23.4 Å². The number of aromatic nitrogens is 1. The van der Waals surface area contributed by atoms with Crippen LogP contribution in [0.1, 0.15) is 6.42 Å². The monoisotopic (exact) mass is 290 g/mol. The molecule has 6 heteroatoms. The number of rotatable bonds is 5. The van der Waals surface area contributed by atoms with Crippen LogP contribution in [0.3, 0.4) is 0 Å². The quantitative estimate of drug-likeness (QED) is 0.663. The summed E-state index contributed by atoms with van der Waals surface area (Å²) in [7, 11) is -3.45. The first-order chi connectivity index (χ1) is 7.06. The number of sulfonamides is 1. The minimum Gasteiger partial charge on any atom is -0.262 e. The zero-order valence-corrected chi connectivity index (χ0v) is 10.4. The molecule has 1 heterocycles. The standard InChI is InChI=1S/C9H11BrN2O2S/c1-2-3-4-12-15(13,14)9-5-8(10)6-11-7-9/h2,5-7,12H,1,3-4H2. The Morgan fingerprint density at radius 2 is 2.27 bits per heavy atom. The van der Waals surface area contributed by atoms with Crippen LogP contribution < -0.4 is 4.72 Å². The summed E-state index contributed by atoms with van der Waals surface area (Å²) in [6.07, 6.45) is 5.09. The second-order valence-corrected chi connectivity index (χ2v) is 5.50. The number of halogens is 1. The highest BCUT2D eigenvalue weighted by molar-refractivity contribution is 9.10. The minimum atomic E-state index is -3.45. The molecule has 0 bridgehead atoms. The molecule has 82 valence electrons. The molecule has 1 aromatic rings. The maximum absolute atomic E-state index is 11.7. The largest absolute Gasteiger partial charge is 0.262 e. The molecule has 0 aliphatic rings. The van der Waals surface area contributed by atoms with Gasteiger partial charge in [-0.15, -0.1) is 6.58 Å². The van der Waals surface area contributed by atoms with Crippen LogP contribution in [0, 0.1) is 0 Å². The van der Waals surface area contributed by atoms with E-state index in [1.165, 1.54) is 18.5 Å². The Morgan fingerprint density at radius 3 is 2.87 bits per heavy atom. The van der Waals surface area contributed by atoms with E-state index in [1.54, 1.807) is 6.08 Å². The lowest BCUT2D eigenvalue weighted by Gasteiger charge is -2.04. The van der Waals surface area contributed by atoms with Crippen LogP contribution in [0.5, 0.6) is 0 Å². The first kappa shape index (κ1) is 12.4. The summed E-state index contributed by atoms with van der Waals surface area (Å²) in [5, 5.41) is 0. The van der Waals surface area contributed by atoms with Crippen molar-refractivity contribution in [2.75, 3.05) is 6.54 Å². The molecule has 0 saturated heterocycles. The zero-order chi connectivity index (χ0) is 11.3. The summed E-state index contributed by atoms with van der Waals surface area (Å²) in [6, 6.07) is 1.50. The maximum Gasteiger partial charge on any atom is 0.242 e. The molecule has 0 aliphatic heterocycles. The van der Waals surface area contributed by atoms with Gasteiger partial charge in [-0.05, 0) is 28.4 Å². The molecule has 0 unspecified atom stereocenters. The Labute approximate surface area is 97.6 Å². The van der Waals surface area contributed by atoms with Crippen molar-refractivity contribution in [3.8, 4) is 0 Å². The molecular weight excluding hydrogens is 280 g/mol. The molecule has 1 rings (SSSR count). The molecule has 0 atom stereocenters. The molecule has 4 nitrogen and oxygen atoms in total. The van der Waals surface area contributed by atoms with Crippen molar-refractivity contribution in [1.29, 1.82) is 0 Å². The summed E-state index contributed by atoms with van der Waals surface area (Å²) in [5.74, 6) is 0. The van der Waals surface area contributed by atoms with Crippen molar-refractivity contribution >= 4 is 26.0 Å². The summed E-state index contributed by atoms with van der Waals surface area (Å²) in [6.45, 7) is 3.86. The summed E-state index contributed by atoms with van der Waals surface area (Å²) >= 11 is 3.17. The fourth-order valence-corrected chi connectivity index (χ4v) is 2.47. The second kappa shape index (κ2) is 5.39. The fraction of sp³-hybridized carbons (Fsp3) is 0.222. The van der Waals surface area contributed by atoms with Crippen LogP contribution in [0.2, 0.25) is 0 Å². The zero-order valence-electron chi connectivity index (χ0n) is 7.98. The number of hydrogen-bond donors (Lipinski definition) is 1. The highest BCUT2D eigenvalue weighted by atomic mass is 79.9. The van der Waals surface area contributed by atoms with E-state index in [0.29, 0.717) is 17.4 Å². The Hall–Kier alpha value is -0.720. The van der Waals surface area contributed by atoms with Crippen LogP contribution >= 0.6 is 15.9 Å². The molecule has 0 saturated carbocycles. The highest BCUT2D eigenvalue weighted by Crippen LogP contribution is 2.13. The second-order valence-electron chi connectivity index (χ2n) is 2.81. The third kappa shape index (κ3) is 3.73. The van der Waals surface area contributed by atoms with Gasteiger partial charge in [0.15, 0.2) is 0 Å². The van der Waals surface area contributed by atoms with E-state index in [9.17, 15) is 8.42 Å². The van der Waals surface area contributed by atoms with E-state index >= 15 is 0 Å². The van der Waals surface area contributed by atoms with Crippen molar-refractivity contribution in [3.05, 3.63) is 35.6 Å². The highest BCUT2D eigenvalue weighted by Gasteiger charge is 2.13. The Morgan fingerprint density at radius 1 is 1.53 bits per heavy atom. The molecule has 0 aliphatic carbocycles. The van der Waals surface area contributed by atoms with Gasteiger partial charge in [-0.25, -0.2) is 13.1 Å². The summed E-state index contributed by atoms with van der Waals surface area (Å²) in [5.41, 5.74) is 0. The molecule has 1 aromatic heterocycles. The molecule has 0 fully saturated rings. The van der Waals surface area contributed by atoms with Gasteiger partial charge in [0.05, 0.1) is 0 Å². The first-order valence-corrected chi connectivity index (χ1v) is 6.55. The van der Waals surface area contributed by atoms with E-state index in [2.05, 4.69) is 32.2 Å². The van der Waals surface area contributed by atoms with Gasteiger partial charge < -0.3 is 0 Å². The van der Waals surface area contributed by atoms with E-state index < -0.39 is 10.0 Å². The predicted octanol–water partition coefficient (Wildman–Crippen LogP) is 1.70. The van der Waals surface area contributed by atoms with Gasteiger partial charge in [0.1, 0.15) is 4.90 Å². The summed E-state index contributed by atoms with van der Waals surface area (Å²) in [4.78, 5) is 3.95. The van der Waals surface area contributed by atoms with Crippen molar-refractivity contribution in [1.82, 2.24) is 9.71 Å². The van der Waals surface area contributed by atoms with Crippen molar-refractivity contribution in [2.45, 2.75) is 11.3 Å². The molecular formula is C9H11BrN2O2S. The van der Waals surface area contributed by atoms with E-state index in [-0.39, 0.29) is 4.90 Å². The third-order valence-electron chi connectivity index (χ3n) is 1.63. The topological polar surface area (TPSA) is 59.1 Å². The molecule has 0 amide bonds. The van der Waals surface area contributed by atoms with Crippen LogP contribution in [-0.4, -0.2) is 19.9 Å². The van der Waals surface area contributed by atoms with Crippen LogP contribution in [0.25, 0.3) is 0 Å². The molecule has 0 spiro atoms. The van der Waals surface area contributed by atoms with Crippen LogP contribution in [0.4, 0.5) is 0 Å². The lowest BCUT2D eigenvalue weighted by Crippen LogP contribution is -2.24. The van der Waals surface area contributed by atoms with Crippen molar-refractivity contribution < 1.29 is 8.42 Å². The van der Waals surface area contributed by atoms with Gasteiger partial charge >= 0.3 is 0 Å². The number of nitrogens with zero attached hydrogens (tertiary/aromatic N) is 1. The van der Waals surface area contributed by atoms with Crippen LogP contribution in [0.15, 0.2) is 40.5 Å². The van der Waals surface area contributed by atoms with Gasteiger partial charge in [0.2, 0.25) is 10.0 Å². The molecule has 0 aromatic carbocycles. The van der Waals surface area contributed by atoms with E-state index in [1.807, 2.05) is 0 Å². The number of nitrogens with one attached hydrogen (secondary N) is 1. The SMILES string of the molecule is C=CCCNS(=O)(=O)c1cncc(Br)c1. The lowest BCUT2D eigenvalue weighted by molar-refractivity contribution is 0.581. The minimum absolute atomic E-state index is 0.154. The van der Waals surface area contributed by atoms with Crippen molar-refractivity contribution in [3.63, 3.8) is 0 Å². The Balaban J connectivity index is 2.82. The molecule has 15 heavy (non-hydrogen) atoms. The smallest absolute Gasteiger partial charge is 0.242 e. The first-order valence-electron chi connectivity index (χ1n) is 4.27. The fourth-order valence-electron chi connectivity index (χ4n) is 0.918. The van der Waals surface area contributed by atoms with Gasteiger partial charge in [-0.2, -0.15) is 0 Å². The van der Waals surface area contributed by atoms with Gasteiger partial charge in [0.25, 0.3) is 0 Å². The maximum atomic E-state index is 11.7. The third-order valence-corrected chi connectivity index (χ3v) is 3.49. The van der Waals surface area contributed by atoms with Crippen molar-refractivity contribution in [2.24, 2.45) is 0 Å². The lowest BCUT2D eigenvalue weighted by atomic mass is 10.4. The molecule has 1 N–H and O–H groups in total. The van der Waals surface area contributed by atoms with Crippen LogP contribution in [-0.2, 0) is 10.0 Å². The predicted molar refractivity (Wildman–Crippen MR) is 61.9 cm³/mol. The van der Waals surface area contributed by atoms with E-state index in [4.69, 9.17) is 0 Å². The number of pyridine rings is 1. The number of hydrogen-bond acceptors (Lipinski definition) is 3. The van der Waals surface area contributed by atoms with Gasteiger partial charge in [-0.3, -0.25) is 4.98 Å². The molecule has 0 radical (unpaired) electrons. The Bertz CT molecular complexity index is 445. The van der Waals surface area contributed by atoms with E-state index in [0.717, 1.165) is 0 Å². The average Bonchev–Trinajstić information content (AvgIpc) is 2.18. The van der Waals surface area contributed by atoms with Gasteiger partial charge in [-0.1, -0.05) is 6.08 Å². The average molecular weight is 291 g/mol. The summed E-state index contributed by atoms with van der Waals surface area (Å²) < 4.78 is 26.4. The Kier molecular flexibility index (Phi) is 4.44. The normalized spacial score (nSPS) is 11.3.